The Labute approximate surface area is 237 Å². The summed E-state index contributed by atoms with van der Waals surface area (Å²) in [5, 5.41) is 14.7. The third-order valence-electron chi connectivity index (χ3n) is 8.76. The smallest absolute Gasteiger partial charge is 0.352 e. The van der Waals surface area contributed by atoms with Crippen LogP contribution in [0.3, 0.4) is 0 Å². The number of nitrogens with zero attached hydrogens (tertiary/aromatic N) is 1. The van der Waals surface area contributed by atoms with Crippen LogP contribution in [-0.4, -0.2) is 91.0 Å². The summed E-state index contributed by atoms with van der Waals surface area (Å²) in [5.41, 5.74) is 0.0298. The number of likely N-dealkylation sites (N-methyl/N-ethyl adjacent to an activating group) is 1. The Morgan fingerprint density at radius 2 is 1.95 bits per heavy atom. The van der Waals surface area contributed by atoms with E-state index in [2.05, 4.69) is 10.2 Å². The number of nitrogens with one attached hydrogen (secondary N) is 1. The van der Waals surface area contributed by atoms with Crippen LogP contribution >= 0.6 is 0 Å². The second kappa shape index (κ2) is 10.6. The Bertz CT molecular complexity index is 1310. The topological polar surface area (TPSA) is 150 Å². The number of amides is 1. The van der Waals surface area contributed by atoms with E-state index in [0.717, 1.165) is 17.7 Å². The van der Waals surface area contributed by atoms with Gasteiger partial charge >= 0.3 is 17.9 Å². The normalized spacial score (nSPS) is 28.7. The van der Waals surface area contributed by atoms with Crippen molar-refractivity contribution in [3.63, 3.8) is 0 Å². The van der Waals surface area contributed by atoms with Gasteiger partial charge < -0.3 is 39.0 Å². The Balaban J connectivity index is 1.27. The van der Waals surface area contributed by atoms with Gasteiger partial charge in [0.1, 0.15) is 5.76 Å². The van der Waals surface area contributed by atoms with Crippen LogP contribution in [-0.2, 0) is 45.2 Å². The van der Waals surface area contributed by atoms with Gasteiger partial charge in [-0.2, -0.15) is 0 Å². The van der Waals surface area contributed by atoms with Gasteiger partial charge in [-0.15, -0.1) is 0 Å². The molecule has 12 heteroatoms. The number of likely N-dealkylation sites (tertiary alicyclic amines) is 1. The summed E-state index contributed by atoms with van der Waals surface area (Å²) in [6.07, 6.45) is 0.0266. The third-order valence-corrected chi connectivity index (χ3v) is 8.76. The van der Waals surface area contributed by atoms with Crippen LogP contribution in [0, 0.1) is 0 Å². The van der Waals surface area contributed by atoms with Crippen molar-refractivity contribution < 1.29 is 48.0 Å². The molecule has 2 aliphatic carbocycles. The molecular formula is C29H36N2O10. The van der Waals surface area contributed by atoms with Gasteiger partial charge in [0, 0.05) is 31.5 Å². The summed E-state index contributed by atoms with van der Waals surface area (Å²) < 4.78 is 27.9. The van der Waals surface area contributed by atoms with E-state index in [-0.39, 0.29) is 31.2 Å². The first kappa shape index (κ1) is 28.9. The van der Waals surface area contributed by atoms with E-state index in [1.807, 2.05) is 19.2 Å². The Kier molecular flexibility index (Phi) is 7.49. The maximum absolute atomic E-state index is 13.1. The number of methoxy groups -OCH3 is 1. The quantitative estimate of drug-likeness (QED) is 0.321. The second-order valence-electron chi connectivity index (χ2n) is 11.1. The van der Waals surface area contributed by atoms with Crippen molar-refractivity contribution in [2.75, 3.05) is 27.2 Å². The van der Waals surface area contributed by atoms with E-state index >= 15 is 0 Å². The summed E-state index contributed by atoms with van der Waals surface area (Å²) in [6, 6.07) is 3.74. The standard InChI is InChI=1S/C29H36N2O10/c1-15(38-17(3)32)26(34)30-12-9-22(33)39-16(2)27(35)40-20-8-10-29(36)21-14-18-6-7-19(37-5)24-23(18)28(29,25(20)41-24)11-13-31(21)4/h6-8,15-16,21,25,36H,9-14H2,1-5H3,(H,30,34)/t15-,16-,21-,25-,28-,29+/m0/s1. The van der Waals surface area contributed by atoms with Crippen LogP contribution in [0.15, 0.2) is 24.0 Å². The summed E-state index contributed by atoms with van der Waals surface area (Å²) in [5.74, 6) is -1.28. The number of hydrogen-bond donors (Lipinski definition) is 2. The lowest BCUT2D eigenvalue weighted by atomic mass is 9.50. The molecule has 0 radical (unpaired) electrons. The molecule has 0 unspecified atom stereocenters. The highest BCUT2D eigenvalue weighted by Crippen LogP contribution is 2.65. The first-order chi connectivity index (χ1) is 19.4. The Hall–Kier alpha value is -3.64. The predicted octanol–water partition coefficient (Wildman–Crippen LogP) is 0.906. The van der Waals surface area contributed by atoms with Crippen molar-refractivity contribution in [3.05, 3.63) is 35.1 Å². The molecule has 1 spiro atoms. The zero-order valence-electron chi connectivity index (χ0n) is 23.9. The maximum Gasteiger partial charge on any atom is 0.352 e. The van der Waals surface area contributed by atoms with Crippen LogP contribution in [0.2, 0.25) is 0 Å². The second-order valence-corrected chi connectivity index (χ2v) is 11.1. The molecule has 2 N–H and O–H groups in total. The van der Waals surface area contributed by atoms with Crippen LogP contribution < -0.4 is 14.8 Å². The molecule has 0 saturated carbocycles. The minimum atomic E-state index is -1.23. The summed E-state index contributed by atoms with van der Waals surface area (Å²) >= 11 is 0. The number of carbonyl (C=O) groups is 4. The monoisotopic (exact) mass is 572 g/mol. The number of carbonyl (C=O) groups excluding carboxylic acids is 4. The minimum absolute atomic E-state index is 0.0642. The third kappa shape index (κ3) is 4.62. The number of aliphatic hydroxyl groups is 1. The zero-order chi connectivity index (χ0) is 29.7. The molecule has 1 aromatic rings. The van der Waals surface area contributed by atoms with Gasteiger partial charge in [0.05, 0.1) is 24.5 Å². The van der Waals surface area contributed by atoms with Crippen molar-refractivity contribution in [1.29, 1.82) is 0 Å². The van der Waals surface area contributed by atoms with E-state index in [9.17, 15) is 24.3 Å². The van der Waals surface area contributed by atoms with Crippen LogP contribution in [0.25, 0.3) is 0 Å². The zero-order valence-corrected chi connectivity index (χ0v) is 23.9. The van der Waals surface area contributed by atoms with Gasteiger partial charge in [-0.05, 0) is 58.0 Å². The molecule has 12 nitrogen and oxygen atoms in total. The summed E-state index contributed by atoms with van der Waals surface area (Å²) in [6.45, 7) is 4.67. The van der Waals surface area contributed by atoms with E-state index in [1.165, 1.54) is 20.8 Å². The highest BCUT2D eigenvalue weighted by molar-refractivity contribution is 5.84. The molecule has 41 heavy (non-hydrogen) atoms. The number of piperidine rings is 1. The van der Waals surface area contributed by atoms with E-state index in [1.54, 1.807) is 13.2 Å². The largest absolute Gasteiger partial charge is 0.493 e. The molecule has 5 rings (SSSR count). The molecule has 1 aromatic carbocycles. The molecule has 1 fully saturated rings. The minimum Gasteiger partial charge on any atom is -0.493 e. The van der Waals surface area contributed by atoms with Gasteiger partial charge in [0.25, 0.3) is 5.91 Å². The summed E-state index contributed by atoms with van der Waals surface area (Å²) in [4.78, 5) is 50.5. The van der Waals surface area contributed by atoms with Crippen LogP contribution in [0.4, 0.5) is 0 Å². The number of rotatable bonds is 9. The molecule has 2 bridgehead atoms. The van der Waals surface area contributed by atoms with Crippen molar-refractivity contribution in [3.8, 4) is 11.5 Å². The van der Waals surface area contributed by atoms with Crippen LogP contribution in [0.1, 0.15) is 51.2 Å². The number of benzene rings is 1. The molecule has 1 saturated heterocycles. The predicted molar refractivity (Wildman–Crippen MR) is 142 cm³/mol. The van der Waals surface area contributed by atoms with Gasteiger partial charge in [0.15, 0.2) is 29.8 Å². The molecular weight excluding hydrogens is 536 g/mol. The highest BCUT2D eigenvalue weighted by atomic mass is 16.6. The molecule has 0 aromatic heterocycles. The number of esters is 3. The Morgan fingerprint density at radius 1 is 1.20 bits per heavy atom. The molecule has 2 heterocycles. The van der Waals surface area contributed by atoms with Gasteiger partial charge in [0.2, 0.25) is 0 Å². The Morgan fingerprint density at radius 3 is 2.66 bits per heavy atom. The first-order valence-electron chi connectivity index (χ1n) is 13.8. The van der Waals surface area contributed by atoms with Crippen molar-refractivity contribution in [1.82, 2.24) is 10.2 Å². The lowest BCUT2D eigenvalue weighted by Crippen LogP contribution is -2.74. The maximum atomic E-state index is 13.1. The molecule has 222 valence electrons. The lowest BCUT2D eigenvalue weighted by molar-refractivity contribution is -0.175. The molecule has 4 aliphatic rings. The molecule has 2 aliphatic heterocycles. The van der Waals surface area contributed by atoms with E-state index < -0.39 is 53.1 Å². The fraction of sp³-hybridized carbons (Fsp3) is 0.586. The van der Waals surface area contributed by atoms with Crippen molar-refractivity contribution >= 4 is 23.8 Å². The summed E-state index contributed by atoms with van der Waals surface area (Å²) in [7, 11) is 3.57. The first-order valence-corrected chi connectivity index (χ1v) is 13.8. The van der Waals surface area contributed by atoms with E-state index in [0.29, 0.717) is 24.3 Å². The van der Waals surface area contributed by atoms with Crippen molar-refractivity contribution in [2.24, 2.45) is 0 Å². The van der Waals surface area contributed by atoms with Gasteiger partial charge in [-0.25, -0.2) is 4.79 Å². The van der Waals surface area contributed by atoms with Gasteiger partial charge in [-0.3, -0.25) is 14.4 Å². The SMILES string of the molecule is COc1ccc2c3c1O[C@H]1C(OC(=O)[C@H](C)OC(=O)CCNC(=O)[C@H](C)OC(C)=O)=CC[C@@]4(O)[C@H](C2)N(C)CC[C@]314. The van der Waals surface area contributed by atoms with Crippen LogP contribution in [0.5, 0.6) is 11.5 Å². The van der Waals surface area contributed by atoms with E-state index in [4.69, 9.17) is 23.7 Å². The molecule has 6 atom stereocenters. The average Bonchev–Trinajstić information content (AvgIpc) is 3.27. The highest BCUT2D eigenvalue weighted by Gasteiger charge is 2.72. The lowest BCUT2D eigenvalue weighted by Gasteiger charge is -2.61. The fourth-order valence-corrected chi connectivity index (χ4v) is 6.83. The fourth-order valence-electron chi connectivity index (χ4n) is 6.83. The van der Waals surface area contributed by atoms with Crippen molar-refractivity contribution in [2.45, 2.75) is 81.8 Å². The number of hydrogen-bond acceptors (Lipinski definition) is 11. The average molecular weight is 573 g/mol. The number of ether oxygens (including phenoxy) is 5. The van der Waals surface area contributed by atoms with Gasteiger partial charge in [-0.1, -0.05) is 6.07 Å². The molecule has 1 amide bonds.